The zero-order chi connectivity index (χ0) is 25.6. The Labute approximate surface area is 214 Å². The van der Waals surface area contributed by atoms with Crippen molar-refractivity contribution in [3.8, 4) is 0 Å². The molecule has 0 spiro atoms. The van der Waals surface area contributed by atoms with Gasteiger partial charge in [0.2, 0.25) is 21.8 Å². The van der Waals surface area contributed by atoms with E-state index in [2.05, 4.69) is 21.2 Å². The average molecular weight is 569 g/mol. The molecule has 7 nitrogen and oxygen atoms in total. The van der Waals surface area contributed by atoms with E-state index < -0.39 is 34.3 Å². The van der Waals surface area contributed by atoms with E-state index in [1.165, 1.54) is 23.1 Å². The molecule has 3 rings (SSSR count). The molecular weight excluding hydrogens is 537 g/mol. The van der Waals surface area contributed by atoms with Crippen LogP contribution in [0.2, 0.25) is 0 Å². The molecular formula is C25H31BrFN3O4S. The Morgan fingerprint density at radius 1 is 1.11 bits per heavy atom. The highest BCUT2D eigenvalue weighted by Gasteiger charge is 2.31. The molecule has 2 aromatic carbocycles. The fourth-order valence-electron chi connectivity index (χ4n) is 4.23. The largest absolute Gasteiger partial charge is 0.352 e. The van der Waals surface area contributed by atoms with Gasteiger partial charge in [0.1, 0.15) is 18.4 Å². The van der Waals surface area contributed by atoms with Crippen LogP contribution < -0.4 is 9.62 Å². The summed E-state index contributed by atoms with van der Waals surface area (Å²) in [6.07, 6.45) is 6.02. The number of halogens is 2. The molecule has 10 heteroatoms. The van der Waals surface area contributed by atoms with Gasteiger partial charge in [0.25, 0.3) is 0 Å². The van der Waals surface area contributed by atoms with Crippen LogP contribution in [0.4, 0.5) is 10.1 Å². The predicted octanol–water partition coefficient (Wildman–Crippen LogP) is 4.22. The normalized spacial score (nSPS) is 15.3. The predicted molar refractivity (Wildman–Crippen MR) is 138 cm³/mol. The fraction of sp³-hybridized carbons (Fsp3) is 0.440. The lowest BCUT2D eigenvalue weighted by atomic mass is 9.95. The maximum atomic E-state index is 13.8. The molecule has 0 heterocycles. The fourth-order valence-corrected chi connectivity index (χ4v) is 5.52. The monoisotopic (exact) mass is 567 g/mol. The van der Waals surface area contributed by atoms with Crippen LogP contribution in [-0.2, 0) is 26.2 Å². The topological polar surface area (TPSA) is 86.8 Å². The second-order valence-corrected chi connectivity index (χ2v) is 11.7. The highest BCUT2D eigenvalue weighted by molar-refractivity contribution is 9.10. The second kappa shape index (κ2) is 12.0. The average Bonchev–Trinajstić information content (AvgIpc) is 2.80. The van der Waals surface area contributed by atoms with Gasteiger partial charge >= 0.3 is 0 Å². The first-order valence-electron chi connectivity index (χ1n) is 11.6. The molecule has 1 saturated carbocycles. The third-order valence-electron chi connectivity index (χ3n) is 6.14. The van der Waals surface area contributed by atoms with Crippen LogP contribution in [0.5, 0.6) is 0 Å². The summed E-state index contributed by atoms with van der Waals surface area (Å²) in [5, 5.41) is 3.05. The van der Waals surface area contributed by atoms with Gasteiger partial charge in [-0.15, -0.1) is 0 Å². The van der Waals surface area contributed by atoms with Gasteiger partial charge in [-0.1, -0.05) is 53.4 Å². The van der Waals surface area contributed by atoms with Crippen LogP contribution in [0.25, 0.3) is 0 Å². The van der Waals surface area contributed by atoms with Gasteiger partial charge in [-0.3, -0.25) is 13.9 Å². The zero-order valence-electron chi connectivity index (χ0n) is 19.9. The Hall–Kier alpha value is -2.46. The first-order valence-corrected chi connectivity index (χ1v) is 14.3. The number of amides is 2. The van der Waals surface area contributed by atoms with E-state index in [-0.39, 0.29) is 24.2 Å². The summed E-state index contributed by atoms with van der Waals surface area (Å²) in [6, 6.07) is 11.6. The van der Waals surface area contributed by atoms with Gasteiger partial charge < -0.3 is 10.2 Å². The summed E-state index contributed by atoms with van der Waals surface area (Å²) >= 11 is 3.42. The van der Waals surface area contributed by atoms with Crippen LogP contribution in [0.3, 0.4) is 0 Å². The minimum atomic E-state index is -3.90. The van der Waals surface area contributed by atoms with E-state index in [4.69, 9.17) is 0 Å². The molecule has 1 atom stereocenters. The van der Waals surface area contributed by atoms with Crippen molar-refractivity contribution < 1.29 is 22.4 Å². The molecule has 0 aromatic heterocycles. The molecule has 0 bridgehead atoms. The highest BCUT2D eigenvalue weighted by Crippen LogP contribution is 2.22. The van der Waals surface area contributed by atoms with Crippen molar-refractivity contribution in [3.05, 3.63) is 64.4 Å². The van der Waals surface area contributed by atoms with Crippen LogP contribution in [0.1, 0.15) is 44.6 Å². The second-order valence-electron chi connectivity index (χ2n) is 8.92. The number of hydrogen-bond donors (Lipinski definition) is 1. The van der Waals surface area contributed by atoms with E-state index in [1.807, 2.05) is 24.3 Å². The van der Waals surface area contributed by atoms with Gasteiger partial charge in [-0.05, 0) is 55.7 Å². The Morgan fingerprint density at radius 3 is 2.43 bits per heavy atom. The molecule has 1 aliphatic rings. The summed E-state index contributed by atoms with van der Waals surface area (Å²) in [5.41, 5.74) is 0.823. The van der Waals surface area contributed by atoms with Gasteiger partial charge in [-0.2, -0.15) is 0 Å². The number of hydrogen-bond acceptors (Lipinski definition) is 4. The van der Waals surface area contributed by atoms with Crippen molar-refractivity contribution in [2.24, 2.45) is 0 Å². The third-order valence-corrected chi connectivity index (χ3v) is 7.77. The number of nitrogens with one attached hydrogen (secondary N) is 1. The maximum absolute atomic E-state index is 13.8. The molecule has 35 heavy (non-hydrogen) atoms. The summed E-state index contributed by atoms with van der Waals surface area (Å²) in [5.74, 6) is -1.46. The summed E-state index contributed by atoms with van der Waals surface area (Å²) in [6.45, 7) is 1.19. The van der Waals surface area contributed by atoms with Crippen molar-refractivity contribution >= 4 is 43.5 Å². The number of carbonyl (C=O) groups is 2. The molecule has 0 saturated heterocycles. The molecule has 0 radical (unpaired) electrons. The minimum Gasteiger partial charge on any atom is -0.352 e. The Balaban J connectivity index is 1.87. The Morgan fingerprint density at radius 2 is 1.80 bits per heavy atom. The molecule has 0 aliphatic heterocycles. The molecule has 2 aromatic rings. The lowest BCUT2D eigenvalue weighted by Gasteiger charge is -2.33. The zero-order valence-corrected chi connectivity index (χ0v) is 22.3. The first kappa shape index (κ1) is 27.1. The van der Waals surface area contributed by atoms with Crippen LogP contribution in [-0.4, -0.2) is 50.0 Å². The summed E-state index contributed by atoms with van der Waals surface area (Å²) in [7, 11) is -3.90. The van der Waals surface area contributed by atoms with Crippen molar-refractivity contribution in [2.75, 3.05) is 17.1 Å². The standard InChI is InChI=1S/C25H31BrFN3O4S/c1-18(25(32)28-22-11-4-3-5-12-22)29(16-19-8-6-9-20(26)14-19)24(31)17-30(35(2,33)34)23-13-7-10-21(27)15-23/h6-10,13-15,18,22H,3-5,11-12,16-17H2,1-2H3,(H,28,32)/t18-/m0/s1. The quantitative estimate of drug-likeness (QED) is 0.491. The minimum absolute atomic E-state index is 0.0440. The smallest absolute Gasteiger partial charge is 0.244 e. The van der Waals surface area contributed by atoms with Crippen LogP contribution >= 0.6 is 15.9 Å². The van der Waals surface area contributed by atoms with Crippen LogP contribution in [0.15, 0.2) is 53.0 Å². The molecule has 1 fully saturated rings. The van der Waals surface area contributed by atoms with Crippen LogP contribution in [0, 0.1) is 5.82 Å². The molecule has 1 N–H and O–H groups in total. The molecule has 0 unspecified atom stereocenters. The summed E-state index contributed by atoms with van der Waals surface area (Å²) in [4.78, 5) is 28.0. The Bertz CT molecular complexity index is 1150. The highest BCUT2D eigenvalue weighted by atomic mass is 79.9. The lowest BCUT2D eigenvalue weighted by Crippen LogP contribution is -2.53. The van der Waals surface area contributed by atoms with Gasteiger partial charge in [-0.25, -0.2) is 12.8 Å². The van der Waals surface area contributed by atoms with Gasteiger partial charge in [0.05, 0.1) is 11.9 Å². The van der Waals surface area contributed by atoms with E-state index in [0.29, 0.717) is 0 Å². The van der Waals surface area contributed by atoms with Gasteiger partial charge in [0, 0.05) is 17.1 Å². The van der Waals surface area contributed by atoms with Crippen molar-refractivity contribution in [2.45, 2.75) is 57.7 Å². The van der Waals surface area contributed by atoms with Crippen molar-refractivity contribution in [1.29, 1.82) is 0 Å². The van der Waals surface area contributed by atoms with E-state index in [1.54, 1.807) is 6.92 Å². The number of nitrogens with zero attached hydrogens (tertiary/aromatic N) is 2. The first-order chi connectivity index (χ1) is 16.5. The van der Waals surface area contributed by atoms with Crippen molar-refractivity contribution in [1.82, 2.24) is 10.2 Å². The van der Waals surface area contributed by atoms with E-state index in [9.17, 15) is 22.4 Å². The number of benzene rings is 2. The van der Waals surface area contributed by atoms with E-state index in [0.717, 1.165) is 58.8 Å². The number of carbonyl (C=O) groups excluding carboxylic acids is 2. The Kier molecular flexibility index (Phi) is 9.29. The SMILES string of the molecule is C[C@@H](C(=O)NC1CCCCC1)N(Cc1cccc(Br)c1)C(=O)CN(c1cccc(F)c1)S(C)(=O)=O. The van der Waals surface area contributed by atoms with E-state index >= 15 is 0 Å². The maximum Gasteiger partial charge on any atom is 0.244 e. The lowest BCUT2D eigenvalue weighted by molar-refractivity contribution is -0.139. The van der Waals surface area contributed by atoms with Crippen molar-refractivity contribution in [3.63, 3.8) is 0 Å². The number of sulfonamides is 1. The molecule has 2 amide bonds. The molecule has 190 valence electrons. The van der Waals surface area contributed by atoms with Gasteiger partial charge in [0.15, 0.2) is 0 Å². The third kappa shape index (κ3) is 7.76. The number of anilines is 1. The summed E-state index contributed by atoms with van der Waals surface area (Å²) < 4.78 is 40.5. The molecule has 1 aliphatic carbocycles. The number of rotatable bonds is 9.